The molecule has 0 aromatic heterocycles. The van der Waals surface area contributed by atoms with Gasteiger partial charge in [0.15, 0.2) is 0 Å². The maximum absolute atomic E-state index is 11.4. The summed E-state index contributed by atoms with van der Waals surface area (Å²) in [4.78, 5) is 22.9. The first kappa shape index (κ1) is 27.0. The van der Waals surface area contributed by atoms with Gasteiger partial charge in [0, 0.05) is 0 Å². The highest BCUT2D eigenvalue weighted by Crippen LogP contribution is 2.44. The van der Waals surface area contributed by atoms with Crippen molar-refractivity contribution in [1.82, 2.24) is 0 Å². The van der Waals surface area contributed by atoms with Gasteiger partial charge in [-0.05, 0) is 50.4 Å². The SMILES string of the molecule is CCC(CC)CC1(C(=O)O)CCCCC1.CCC(CC)CC1(C(=O)O)CCCCC1. The van der Waals surface area contributed by atoms with E-state index in [0.29, 0.717) is 11.8 Å². The van der Waals surface area contributed by atoms with Crippen molar-refractivity contribution in [2.24, 2.45) is 22.7 Å². The van der Waals surface area contributed by atoms with E-state index in [4.69, 9.17) is 0 Å². The van der Waals surface area contributed by atoms with Gasteiger partial charge in [-0.2, -0.15) is 0 Å². The molecule has 0 atom stereocenters. The summed E-state index contributed by atoms with van der Waals surface area (Å²) in [5.41, 5.74) is -0.760. The normalized spacial score (nSPS) is 20.5. The molecule has 2 saturated carbocycles. The summed E-state index contributed by atoms with van der Waals surface area (Å²) in [5, 5.41) is 18.9. The van der Waals surface area contributed by atoms with Gasteiger partial charge < -0.3 is 10.2 Å². The maximum Gasteiger partial charge on any atom is 0.309 e. The molecule has 0 aromatic carbocycles. The summed E-state index contributed by atoms with van der Waals surface area (Å²) in [5.74, 6) is 0.0987. The Bertz CT molecular complexity index is 447. The van der Waals surface area contributed by atoms with Crippen LogP contribution in [0.4, 0.5) is 0 Å². The minimum atomic E-state index is -0.547. The van der Waals surface area contributed by atoms with Crippen molar-refractivity contribution < 1.29 is 19.8 Å². The van der Waals surface area contributed by atoms with Crippen LogP contribution in [0.2, 0.25) is 0 Å². The van der Waals surface area contributed by atoms with E-state index in [-0.39, 0.29) is 10.8 Å². The number of hydrogen-bond donors (Lipinski definition) is 2. The van der Waals surface area contributed by atoms with Crippen LogP contribution < -0.4 is 0 Å². The molecule has 2 aliphatic carbocycles. The van der Waals surface area contributed by atoms with E-state index in [0.717, 1.165) is 89.9 Å². The van der Waals surface area contributed by atoms with Crippen molar-refractivity contribution in [3.63, 3.8) is 0 Å². The number of carboxylic acids is 2. The van der Waals surface area contributed by atoms with E-state index in [1.165, 1.54) is 12.8 Å². The Morgan fingerprint density at radius 3 is 1.07 bits per heavy atom. The molecule has 2 aliphatic rings. The Morgan fingerprint density at radius 2 is 0.867 bits per heavy atom. The van der Waals surface area contributed by atoms with Crippen LogP contribution in [0, 0.1) is 22.7 Å². The smallest absolute Gasteiger partial charge is 0.309 e. The van der Waals surface area contributed by atoms with Gasteiger partial charge in [-0.3, -0.25) is 9.59 Å². The quantitative estimate of drug-likeness (QED) is 0.377. The zero-order valence-electron chi connectivity index (χ0n) is 20.2. The minimum absolute atomic E-state index is 0.380. The largest absolute Gasteiger partial charge is 0.481 e. The lowest BCUT2D eigenvalue weighted by atomic mass is 9.68. The molecule has 2 fully saturated rings. The second-order valence-electron chi connectivity index (χ2n) is 10.1. The van der Waals surface area contributed by atoms with Crippen molar-refractivity contribution >= 4 is 11.9 Å². The molecule has 176 valence electrons. The molecular weight excluding hydrogens is 376 g/mol. The fourth-order valence-corrected chi connectivity index (χ4v) is 5.73. The molecule has 30 heavy (non-hydrogen) atoms. The Balaban J connectivity index is 0.000000300. The third-order valence-corrected chi connectivity index (χ3v) is 8.20. The molecule has 0 heterocycles. The van der Waals surface area contributed by atoms with Gasteiger partial charge in [-0.25, -0.2) is 0 Å². The summed E-state index contributed by atoms with van der Waals surface area (Å²) >= 11 is 0. The second-order valence-corrected chi connectivity index (χ2v) is 10.1. The average molecular weight is 425 g/mol. The van der Waals surface area contributed by atoms with E-state index >= 15 is 0 Å². The first-order valence-electron chi connectivity index (χ1n) is 12.8. The first-order chi connectivity index (χ1) is 14.3. The zero-order chi connectivity index (χ0) is 22.6. The number of aliphatic carboxylic acids is 2. The number of carboxylic acid groups (broad SMARTS) is 2. The highest BCUT2D eigenvalue weighted by atomic mass is 16.4. The van der Waals surface area contributed by atoms with Crippen LogP contribution in [0.3, 0.4) is 0 Å². The lowest BCUT2D eigenvalue weighted by Crippen LogP contribution is -2.35. The molecule has 0 spiro atoms. The Hall–Kier alpha value is -1.06. The fourth-order valence-electron chi connectivity index (χ4n) is 5.73. The number of rotatable bonds is 10. The van der Waals surface area contributed by atoms with Crippen LogP contribution in [0.15, 0.2) is 0 Å². The molecule has 0 amide bonds. The second kappa shape index (κ2) is 13.4. The fraction of sp³-hybridized carbons (Fsp3) is 0.923. The monoisotopic (exact) mass is 424 g/mol. The van der Waals surface area contributed by atoms with Crippen LogP contribution in [-0.4, -0.2) is 22.2 Å². The van der Waals surface area contributed by atoms with E-state index in [2.05, 4.69) is 27.7 Å². The first-order valence-corrected chi connectivity index (χ1v) is 12.8. The maximum atomic E-state index is 11.4. The molecule has 4 nitrogen and oxygen atoms in total. The molecule has 2 rings (SSSR count). The van der Waals surface area contributed by atoms with Crippen LogP contribution in [0.5, 0.6) is 0 Å². The standard InChI is InChI=1S/2C13H24O2/c2*1-3-11(4-2)10-13(12(14)15)8-6-5-7-9-13/h2*11H,3-10H2,1-2H3,(H,14,15). The Labute approximate surface area is 185 Å². The van der Waals surface area contributed by atoms with Crippen molar-refractivity contribution in [3.05, 3.63) is 0 Å². The predicted molar refractivity (Wildman–Crippen MR) is 124 cm³/mol. The van der Waals surface area contributed by atoms with Gasteiger partial charge in [0.25, 0.3) is 0 Å². The summed E-state index contributed by atoms with van der Waals surface area (Å²) in [6.07, 6.45) is 16.7. The molecule has 0 radical (unpaired) electrons. The topological polar surface area (TPSA) is 74.6 Å². The van der Waals surface area contributed by atoms with Crippen molar-refractivity contribution in [2.45, 2.75) is 130 Å². The molecule has 0 bridgehead atoms. The highest BCUT2D eigenvalue weighted by molar-refractivity contribution is 5.75. The van der Waals surface area contributed by atoms with Gasteiger partial charge in [0.2, 0.25) is 0 Å². The number of hydrogen-bond acceptors (Lipinski definition) is 2. The minimum Gasteiger partial charge on any atom is -0.481 e. The Kier molecular flexibility index (Phi) is 12.0. The summed E-state index contributed by atoms with van der Waals surface area (Å²) < 4.78 is 0. The van der Waals surface area contributed by atoms with E-state index in [9.17, 15) is 19.8 Å². The van der Waals surface area contributed by atoms with Crippen LogP contribution in [-0.2, 0) is 9.59 Å². The molecule has 0 aromatic rings. The van der Waals surface area contributed by atoms with E-state index in [1.807, 2.05) is 0 Å². The van der Waals surface area contributed by atoms with Gasteiger partial charge in [0.05, 0.1) is 10.8 Å². The van der Waals surface area contributed by atoms with Crippen molar-refractivity contribution in [2.75, 3.05) is 0 Å². The van der Waals surface area contributed by atoms with Gasteiger partial charge in [-0.1, -0.05) is 91.9 Å². The summed E-state index contributed by atoms with van der Waals surface area (Å²) in [6.45, 7) is 8.69. The molecule has 0 aliphatic heterocycles. The lowest BCUT2D eigenvalue weighted by molar-refractivity contribution is -0.153. The third kappa shape index (κ3) is 7.57. The third-order valence-electron chi connectivity index (χ3n) is 8.20. The average Bonchev–Trinajstić information content (AvgIpc) is 2.77. The van der Waals surface area contributed by atoms with E-state index in [1.54, 1.807) is 0 Å². The van der Waals surface area contributed by atoms with Gasteiger partial charge >= 0.3 is 11.9 Å². The highest BCUT2D eigenvalue weighted by Gasteiger charge is 2.41. The van der Waals surface area contributed by atoms with Crippen LogP contribution >= 0.6 is 0 Å². The van der Waals surface area contributed by atoms with E-state index < -0.39 is 11.9 Å². The molecule has 0 unspecified atom stereocenters. The molecule has 4 heteroatoms. The summed E-state index contributed by atoms with van der Waals surface area (Å²) in [6, 6.07) is 0. The molecular formula is C26H48O4. The lowest BCUT2D eigenvalue weighted by Gasteiger charge is -2.35. The predicted octanol–water partition coefficient (Wildman–Crippen LogP) is 7.70. The molecule has 0 saturated heterocycles. The van der Waals surface area contributed by atoms with Crippen molar-refractivity contribution in [3.8, 4) is 0 Å². The van der Waals surface area contributed by atoms with Crippen molar-refractivity contribution in [1.29, 1.82) is 0 Å². The zero-order valence-corrected chi connectivity index (χ0v) is 20.2. The van der Waals surface area contributed by atoms with Gasteiger partial charge in [-0.15, -0.1) is 0 Å². The van der Waals surface area contributed by atoms with Gasteiger partial charge in [0.1, 0.15) is 0 Å². The van der Waals surface area contributed by atoms with Crippen LogP contribution in [0.1, 0.15) is 130 Å². The number of carbonyl (C=O) groups is 2. The summed E-state index contributed by atoms with van der Waals surface area (Å²) in [7, 11) is 0. The Morgan fingerprint density at radius 1 is 0.600 bits per heavy atom. The molecule has 2 N–H and O–H groups in total. The van der Waals surface area contributed by atoms with Crippen LogP contribution in [0.25, 0.3) is 0 Å².